The minimum Gasteiger partial charge on any atom is -0.369 e. The molecule has 2 fully saturated rings. The average molecular weight is 411 g/mol. The third kappa shape index (κ3) is 4.26. The lowest BCUT2D eigenvalue weighted by Crippen LogP contribution is -2.46. The molecule has 1 aromatic rings. The van der Waals surface area contributed by atoms with Gasteiger partial charge in [-0.2, -0.15) is 0 Å². The maximum atomic E-state index is 12.5. The molecule has 0 bridgehead atoms. The van der Waals surface area contributed by atoms with E-state index in [1.807, 2.05) is 36.4 Å². The van der Waals surface area contributed by atoms with Crippen molar-refractivity contribution in [2.24, 2.45) is 11.8 Å². The number of hydrogen-bond acceptors (Lipinski definition) is 5. The highest BCUT2D eigenvalue weighted by molar-refractivity contribution is 6.05. The number of fused-ring (bicyclic) bond motifs is 1. The molecular weight excluding hydrogens is 380 g/mol. The van der Waals surface area contributed by atoms with Gasteiger partial charge in [0.1, 0.15) is 0 Å². The molecule has 2 atom stereocenters. The zero-order valence-electron chi connectivity index (χ0n) is 17.5. The van der Waals surface area contributed by atoms with Crippen LogP contribution in [0.25, 0.3) is 0 Å². The van der Waals surface area contributed by atoms with Crippen molar-refractivity contribution in [3.05, 3.63) is 36.4 Å². The van der Waals surface area contributed by atoms with E-state index in [0.29, 0.717) is 12.8 Å². The van der Waals surface area contributed by atoms with E-state index < -0.39 is 0 Å². The van der Waals surface area contributed by atoms with Gasteiger partial charge in [-0.1, -0.05) is 19.1 Å². The van der Waals surface area contributed by atoms with Gasteiger partial charge in [-0.25, -0.2) is 0 Å². The Kier molecular flexibility index (Phi) is 6.18. The normalized spacial score (nSPS) is 24.3. The van der Waals surface area contributed by atoms with E-state index in [4.69, 9.17) is 0 Å². The van der Waals surface area contributed by atoms with Crippen molar-refractivity contribution in [2.75, 3.05) is 49.5 Å². The number of imide groups is 1. The lowest BCUT2D eigenvalue weighted by molar-refractivity contribution is -0.140. The van der Waals surface area contributed by atoms with Gasteiger partial charge in [0.15, 0.2) is 0 Å². The molecule has 0 radical (unpaired) electrons. The third-order valence-corrected chi connectivity index (χ3v) is 6.50. The fourth-order valence-corrected chi connectivity index (χ4v) is 4.60. The summed E-state index contributed by atoms with van der Waals surface area (Å²) in [5, 5.41) is 2.88. The molecule has 1 aliphatic carbocycles. The molecule has 160 valence electrons. The van der Waals surface area contributed by atoms with Crippen LogP contribution in [0.3, 0.4) is 0 Å². The van der Waals surface area contributed by atoms with Gasteiger partial charge in [0.2, 0.25) is 17.7 Å². The highest BCUT2D eigenvalue weighted by atomic mass is 16.2. The smallest absolute Gasteiger partial charge is 0.233 e. The summed E-state index contributed by atoms with van der Waals surface area (Å²) in [7, 11) is 0. The van der Waals surface area contributed by atoms with Crippen molar-refractivity contribution in [1.29, 1.82) is 0 Å². The van der Waals surface area contributed by atoms with Crippen LogP contribution in [-0.4, -0.2) is 66.8 Å². The molecule has 0 aromatic heterocycles. The summed E-state index contributed by atoms with van der Waals surface area (Å²) < 4.78 is 0. The molecule has 4 rings (SSSR count). The summed E-state index contributed by atoms with van der Waals surface area (Å²) in [6.45, 7) is 7.58. The first kappa shape index (κ1) is 20.6. The van der Waals surface area contributed by atoms with Crippen LogP contribution in [-0.2, 0) is 14.4 Å². The number of hydrogen-bond donors (Lipinski definition) is 1. The fourth-order valence-electron chi connectivity index (χ4n) is 4.60. The van der Waals surface area contributed by atoms with Crippen molar-refractivity contribution < 1.29 is 14.4 Å². The van der Waals surface area contributed by atoms with Crippen LogP contribution in [0.2, 0.25) is 0 Å². The molecule has 1 aromatic carbocycles. The largest absolute Gasteiger partial charge is 0.369 e. The van der Waals surface area contributed by atoms with E-state index in [0.717, 1.165) is 44.1 Å². The molecule has 30 heavy (non-hydrogen) atoms. The Morgan fingerprint density at radius 1 is 0.967 bits per heavy atom. The minimum absolute atomic E-state index is 0.116. The molecule has 7 heteroatoms. The Balaban J connectivity index is 1.26. The van der Waals surface area contributed by atoms with Crippen molar-refractivity contribution in [1.82, 2.24) is 9.80 Å². The number of benzene rings is 1. The average Bonchev–Trinajstić information content (AvgIpc) is 3.03. The van der Waals surface area contributed by atoms with Gasteiger partial charge in [-0.3, -0.25) is 19.3 Å². The van der Waals surface area contributed by atoms with Gasteiger partial charge in [0.05, 0.1) is 11.8 Å². The van der Waals surface area contributed by atoms with Crippen molar-refractivity contribution >= 4 is 29.1 Å². The predicted molar refractivity (Wildman–Crippen MR) is 116 cm³/mol. The van der Waals surface area contributed by atoms with Crippen LogP contribution in [0.5, 0.6) is 0 Å². The Bertz CT molecular complexity index is 801. The number of nitrogens with one attached hydrogen (secondary N) is 1. The SMILES string of the molecule is CCN1CCN(c2ccc(NC(=O)CCN3C(=O)C4CC=CCC4C3=O)cc2)CC1. The van der Waals surface area contributed by atoms with Gasteiger partial charge >= 0.3 is 0 Å². The summed E-state index contributed by atoms with van der Waals surface area (Å²) in [4.78, 5) is 43.4. The highest BCUT2D eigenvalue weighted by Crippen LogP contribution is 2.35. The summed E-state index contributed by atoms with van der Waals surface area (Å²) in [5.74, 6) is -0.924. The molecule has 7 nitrogen and oxygen atoms in total. The zero-order chi connectivity index (χ0) is 21.1. The molecule has 2 heterocycles. The number of carbonyl (C=O) groups excluding carboxylic acids is 3. The van der Waals surface area contributed by atoms with Gasteiger partial charge in [0.25, 0.3) is 0 Å². The van der Waals surface area contributed by atoms with Crippen LogP contribution < -0.4 is 10.2 Å². The minimum atomic E-state index is -0.239. The van der Waals surface area contributed by atoms with Crippen LogP contribution in [0.1, 0.15) is 26.2 Å². The van der Waals surface area contributed by atoms with E-state index in [1.54, 1.807) is 0 Å². The number of amides is 3. The van der Waals surface area contributed by atoms with Crippen molar-refractivity contribution in [3.63, 3.8) is 0 Å². The zero-order valence-corrected chi connectivity index (χ0v) is 17.5. The third-order valence-electron chi connectivity index (χ3n) is 6.50. The number of nitrogens with zero attached hydrogens (tertiary/aromatic N) is 3. The first-order valence-corrected chi connectivity index (χ1v) is 10.9. The Hall–Kier alpha value is -2.67. The van der Waals surface area contributed by atoms with Crippen LogP contribution in [0, 0.1) is 11.8 Å². The Labute approximate surface area is 177 Å². The van der Waals surface area contributed by atoms with Gasteiger partial charge < -0.3 is 15.1 Å². The number of allylic oxidation sites excluding steroid dienone is 2. The molecule has 0 saturated carbocycles. The van der Waals surface area contributed by atoms with Gasteiger partial charge in [0, 0.05) is 50.5 Å². The highest BCUT2D eigenvalue weighted by Gasteiger charge is 2.46. The second-order valence-electron chi connectivity index (χ2n) is 8.25. The van der Waals surface area contributed by atoms with E-state index in [1.165, 1.54) is 4.90 Å². The van der Waals surface area contributed by atoms with E-state index in [9.17, 15) is 14.4 Å². The van der Waals surface area contributed by atoms with Crippen molar-refractivity contribution in [3.8, 4) is 0 Å². The van der Waals surface area contributed by atoms with Crippen molar-refractivity contribution in [2.45, 2.75) is 26.2 Å². The molecule has 0 spiro atoms. The summed E-state index contributed by atoms with van der Waals surface area (Å²) in [6.07, 6.45) is 5.30. The second-order valence-corrected chi connectivity index (χ2v) is 8.25. The summed E-state index contributed by atoms with van der Waals surface area (Å²) in [5.41, 5.74) is 1.89. The maximum Gasteiger partial charge on any atom is 0.233 e. The maximum absolute atomic E-state index is 12.5. The number of likely N-dealkylation sites (N-methyl/N-ethyl adjacent to an activating group) is 1. The van der Waals surface area contributed by atoms with E-state index in [-0.39, 0.29) is 42.5 Å². The number of carbonyl (C=O) groups is 3. The molecule has 3 aliphatic rings. The first-order valence-electron chi connectivity index (χ1n) is 10.9. The summed E-state index contributed by atoms with van der Waals surface area (Å²) in [6, 6.07) is 7.88. The van der Waals surface area contributed by atoms with Crippen LogP contribution >= 0.6 is 0 Å². The Morgan fingerprint density at radius 3 is 2.13 bits per heavy atom. The number of rotatable bonds is 6. The molecule has 2 saturated heterocycles. The van der Waals surface area contributed by atoms with E-state index >= 15 is 0 Å². The number of anilines is 2. The standard InChI is InChI=1S/C23H30N4O3/c1-2-25-13-15-26(16-14-25)18-9-7-17(8-10-18)24-21(28)11-12-27-22(29)19-5-3-4-6-20(19)23(27)30/h3-4,7-10,19-20H,2,5-6,11-16H2,1H3,(H,24,28). The topological polar surface area (TPSA) is 73.0 Å². The Morgan fingerprint density at radius 2 is 1.57 bits per heavy atom. The van der Waals surface area contributed by atoms with E-state index in [2.05, 4.69) is 22.0 Å². The first-order chi connectivity index (χ1) is 14.6. The number of piperazine rings is 1. The van der Waals surface area contributed by atoms with Gasteiger partial charge in [-0.05, 0) is 43.7 Å². The molecule has 2 aliphatic heterocycles. The van der Waals surface area contributed by atoms with Crippen LogP contribution in [0.4, 0.5) is 11.4 Å². The quantitative estimate of drug-likeness (QED) is 0.574. The second kappa shape index (κ2) is 9.00. The molecule has 2 unspecified atom stereocenters. The van der Waals surface area contributed by atoms with Gasteiger partial charge in [-0.15, -0.1) is 0 Å². The monoisotopic (exact) mass is 410 g/mol. The molecular formula is C23H30N4O3. The molecule has 3 amide bonds. The van der Waals surface area contributed by atoms with Crippen LogP contribution in [0.15, 0.2) is 36.4 Å². The fraction of sp³-hybridized carbons (Fsp3) is 0.522. The summed E-state index contributed by atoms with van der Waals surface area (Å²) >= 11 is 0. The number of likely N-dealkylation sites (tertiary alicyclic amines) is 1. The predicted octanol–water partition coefficient (Wildman–Crippen LogP) is 2.11. The molecule has 1 N–H and O–H groups in total. The lowest BCUT2D eigenvalue weighted by atomic mass is 9.85. The lowest BCUT2D eigenvalue weighted by Gasteiger charge is -2.35.